The molecule has 1 heterocycles. The number of piperazine rings is 1. The van der Waals surface area contributed by atoms with E-state index < -0.39 is 0 Å². The van der Waals surface area contributed by atoms with Gasteiger partial charge in [-0.15, -0.1) is 0 Å². The molecular formula is C16H30N2. The fourth-order valence-corrected chi connectivity index (χ4v) is 4.07. The summed E-state index contributed by atoms with van der Waals surface area (Å²) >= 11 is 0. The van der Waals surface area contributed by atoms with E-state index in [1.165, 1.54) is 64.5 Å². The minimum absolute atomic E-state index is 0.410. The van der Waals surface area contributed by atoms with Gasteiger partial charge in [0.2, 0.25) is 0 Å². The quantitative estimate of drug-likeness (QED) is 0.827. The van der Waals surface area contributed by atoms with Crippen LogP contribution < -0.4 is 5.32 Å². The maximum atomic E-state index is 3.85. The average molecular weight is 250 g/mol. The molecular weight excluding hydrogens is 220 g/mol. The van der Waals surface area contributed by atoms with Crippen LogP contribution in [0.4, 0.5) is 0 Å². The van der Waals surface area contributed by atoms with E-state index in [-0.39, 0.29) is 0 Å². The highest BCUT2D eigenvalue weighted by Gasteiger charge is 2.44. The molecule has 3 aliphatic rings. The number of hydrogen-bond acceptors (Lipinski definition) is 2. The van der Waals surface area contributed by atoms with Crippen LogP contribution in [0.25, 0.3) is 0 Å². The molecule has 1 aliphatic heterocycles. The van der Waals surface area contributed by atoms with Crippen LogP contribution in [0.2, 0.25) is 0 Å². The summed E-state index contributed by atoms with van der Waals surface area (Å²) in [6.07, 6.45) is 11.5. The number of nitrogens with one attached hydrogen (secondary N) is 1. The zero-order valence-electron chi connectivity index (χ0n) is 12.3. The smallest absolute Gasteiger partial charge is 0.0306 e. The van der Waals surface area contributed by atoms with Gasteiger partial charge >= 0.3 is 0 Å². The highest BCUT2D eigenvalue weighted by Crippen LogP contribution is 2.38. The monoisotopic (exact) mass is 250 g/mol. The molecule has 2 saturated carbocycles. The molecule has 1 saturated heterocycles. The van der Waals surface area contributed by atoms with E-state index in [9.17, 15) is 0 Å². The zero-order chi connectivity index (χ0) is 12.6. The van der Waals surface area contributed by atoms with Gasteiger partial charge in [0, 0.05) is 30.7 Å². The van der Waals surface area contributed by atoms with E-state index in [1.54, 1.807) is 0 Å². The van der Waals surface area contributed by atoms with Crippen LogP contribution >= 0.6 is 0 Å². The second-order valence-corrected chi connectivity index (χ2v) is 7.12. The van der Waals surface area contributed by atoms with Crippen LogP contribution in [-0.4, -0.2) is 35.6 Å². The van der Waals surface area contributed by atoms with Gasteiger partial charge < -0.3 is 5.32 Å². The van der Waals surface area contributed by atoms with E-state index in [0.717, 1.165) is 18.0 Å². The van der Waals surface area contributed by atoms with Gasteiger partial charge in [-0.3, -0.25) is 4.90 Å². The average Bonchev–Trinajstić information content (AvgIpc) is 3.25. The Morgan fingerprint density at radius 1 is 1.11 bits per heavy atom. The van der Waals surface area contributed by atoms with E-state index in [0.29, 0.717) is 5.54 Å². The van der Waals surface area contributed by atoms with Crippen LogP contribution in [0, 0.1) is 5.92 Å². The third-order valence-corrected chi connectivity index (χ3v) is 5.80. The molecule has 2 heteroatoms. The summed E-state index contributed by atoms with van der Waals surface area (Å²) in [5.74, 6) is 0.998. The molecule has 0 amide bonds. The first kappa shape index (κ1) is 12.9. The number of nitrogens with zero attached hydrogens (tertiary/aromatic N) is 1. The van der Waals surface area contributed by atoms with Crippen molar-refractivity contribution in [3.8, 4) is 0 Å². The Labute approximate surface area is 113 Å². The van der Waals surface area contributed by atoms with Crippen molar-refractivity contribution in [1.82, 2.24) is 10.2 Å². The maximum Gasteiger partial charge on any atom is 0.0306 e. The van der Waals surface area contributed by atoms with Gasteiger partial charge in [-0.25, -0.2) is 0 Å². The SMILES string of the molecule is CCC1(C)CNC(C2CC2)CN1C1CCCCC1. The molecule has 0 spiro atoms. The fraction of sp³-hybridized carbons (Fsp3) is 1.00. The third-order valence-electron chi connectivity index (χ3n) is 5.80. The van der Waals surface area contributed by atoms with Crippen molar-refractivity contribution in [2.75, 3.05) is 13.1 Å². The molecule has 2 nitrogen and oxygen atoms in total. The van der Waals surface area contributed by atoms with Gasteiger partial charge in [-0.2, -0.15) is 0 Å². The summed E-state index contributed by atoms with van der Waals surface area (Å²) in [7, 11) is 0. The van der Waals surface area contributed by atoms with Gasteiger partial charge in [-0.1, -0.05) is 26.2 Å². The van der Waals surface area contributed by atoms with Gasteiger partial charge in [-0.05, 0) is 44.9 Å². The first-order valence-corrected chi connectivity index (χ1v) is 8.23. The van der Waals surface area contributed by atoms with Crippen molar-refractivity contribution in [1.29, 1.82) is 0 Å². The van der Waals surface area contributed by atoms with E-state index in [4.69, 9.17) is 0 Å². The van der Waals surface area contributed by atoms with Crippen LogP contribution in [0.15, 0.2) is 0 Å². The summed E-state index contributed by atoms with van der Waals surface area (Å²) in [5, 5.41) is 3.85. The Morgan fingerprint density at radius 2 is 1.83 bits per heavy atom. The second kappa shape index (κ2) is 5.13. The molecule has 0 aromatic carbocycles. The van der Waals surface area contributed by atoms with Gasteiger partial charge in [0.15, 0.2) is 0 Å². The number of rotatable bonds is 3. The maximum absolute atomic E-state index is 3.85. The highest BCUT2D eigenvalue weighted by molar-refractivity contribution is 5.02. The zero-order valence-corrected chi connectivity index (χ0v) is 12.3. The summed E-state index contributed by atoms with van der Waals surface area (Å²) in [5.41, 5.74) is 0.410. The molecule has 2 atom stereocenters. The lowest BCUT2D eigenvalue weighted by molar-refractivity contribution is -0.00630. The molecule has 3 fully saturated rings. The Morgan fingerprint density at radius 3 is 2.44 bits per heavy atom. The molecule has 0 aromatic rings. The van der Waals surface area contributed by atoms with E-state index >= 15 is 0 Å². The normalized spacial score (nSPS) is 40.0. The lowest BCUT2D eigenvalue weighted by Crippen LogP contribution is -2.66. The van der Waals surface area contributed by atoms with E-state index in [2.05, 4.69) is 24.1 Å². The number of hydrogen-bond donors (Lipinski definition) is 1. The fourth-order valence-electron chi connectivity index (χ4n) is 4.07. The van der Waals surface area contributed by atoms with Crippen molar-refractivity contribution in [2.45, 2.75) is 82.8 Å². The molecule has 1 N–H and O–H groups in total. The van der Waals surface area contributed by atoms with Gasteiger partial charge in [0.25, 0.3) is 0 Å². The predicted molar refractivity (Wildman–Crippen MR) is 76.8 cm³/mol. The molecule has 0 aromatic heterocycles. The Hall–Kier alpha value is -0.0800. The summed E-state index contributed by atoms with van der Waals surface area (Å²) in [4.78, 5) is 2.91. The molecule has 18 heavy (non-hydrogen) atoms. The first-order valence-electron chi connectivity index (χ1n) is 8.23. The van der Waals surface area contributed by atoms with Crippen molar-refractivity contribution in [2.24, 2.45) is 5.92 Å². The first-order chi connectivity index (χ1) is 8.73. The van der Waals surface area contributed by atoms with Crippen molar-refractivity contribution >= 4 is 0 Å². The largest absolute Gasteiger partial charge is 0.311 e. The molecule has 3 rings (SSSR count). The summed E-state index contributed by atoms with van der Waals surface area (Å²) in [6.45, 7) is 7.38. The van der Waals surface area contributed by atoms with Crippen LogP contribution in [0.1, 0.15) is 65.2 Å². The molecule has 0 radical (unpaired) electrons. The topological polar surface area (TPSA) is 15.3 Å². The molecule has 2 unspecified atom stereocenters. The molecule has 0 bridgehead atoms. The predicted octanol–water partition coefficient (Wildman–Crippen LogP) is 3.17. The third kappa shape index (κ3) is 2.46. The minimum Gasteiger partial charge on any atom is -0.311 e. The Bertz CT molecular complexity index is 281. The Kier molecular flexibility index (Phi) is 3.68. The summed E-state index contributed by atoms with van der Waals surface area (Å²) in [6, 6.07) is 1.68. The van der Waals surface area contributed by atoms with Crippen molar-refractivity contribution < 1.29 is 0 Å². The van der Waals surface area contributed by atoms with Crippen molar-refractivity contribution in [3.63, 3.8) is 0 Å². The lowest BCUT2D eigenvalue weighted by atomic mass is 9.85. The standard InChI is InChI=1S/C16H30N2/c1-3-16(2)12-17-15(13-9-10-13)11-18(16)14-7-5-4-6-8-14/h13-15,17H,3-12H2,1-2H3. The lowest BCUT2D eigenvalue weighted by Gasteiger charge is -2.52. The summed E-state index contributed by atoms with van der Waals surface area (Å²) < 4.78 is 0. The molecule has 2 aliphatic carbocycles. The molecule has 104 valence electrons. The van der Waals surface area contributed by atoms with Crippen LogP contribution in [-0.2, 0) is 0 Å². The second-order valence-electron chi connectivity index (χ2n) is 7.12. The van der Waals surface area contributed by atoms with Crippen LogP contribution in [0.5, 0.6) is 0 Å². The Balaban J connectivity index is 1.71. The highest BCUT2D eigenvalue weighted by atomic mass is 15.3. The van der Waals surface area contributed by atoms with Crippen LogP contribution in [0.3, 0.4) is 0 Å². The van der Waals surface area contributed by atoms with E-state index in [1.807, 2.05) is 0 Å². The minimum atomic E-state index is 0.410. The van der Waals surface area contributed by atoms with Crippen molar-refractivity contribution in [3.05, 3.63) is 0 Å². The van der Waals surface area contributed by atoms with Gasteiger partial charge in [0.05, 0.1) is 0 Å². The van der Waals surface area contributed by atoms with Gasteiger partial charge in [0.1, 0.15) is 0 Å².